The number of aromatic nitrogens is 2. The number of amides is 1. The fourth-order valence-corrected chi connectivity index (χ4v) is 1.98. The predicted molar refractivity (Wildman–Crippen MR) is 88.2 cm³/mol. The van der Waals surface area contributed by atoms with Crippen molar-refractivity contribution in [3.63, 3.8) is 0 Å². The van der Waals surface area contributed by atoms with E-state index in [0.717, 1.165) is 12.8 Å². The van der Waals surface area contributed by atoms with Crippen LogP contribution in [0.2, 0.25) is 0 Å². The van der Waals surface area contributed by atoms with E-state index in [-0.39, 0.29) is 17.7 Å². The molecule has 1 aliphatic rings. The number of hydrogen-bond acceptors (Lipinski definition) is 5. The third kappa shape index (κ3) is 4.19. The Bertz CT molecular complexity index is 761. The summed E-state index contributed by atoms with van der Waals surface area (Å²) in [6.45, 7) is 0. The Morgan fingerprint density at radius 1 is 1.48 bits per heavy atom. The minimum Gasteiger partial charge on any atom is -0.440 e. The number of nitrogens with one attached hydrogen (secondary N) is 3. The lowest BCUT2D eigenvalue weighted by atomic mass is 10.3. The normalized spacial score (nSPS) is 13.9. The van der Waals surface area contributed by atoms with Crippen LogP contribution in [0.1, 0.15) is 18.7 Å². The van der Waals surface area contributed by atoms with E-state index in [4.69, 9.17) is 15.9 Å². The minimum atomic E-state index is -0.0503. The molecule has 5 N–H and O–H groups in total. The van der Waals surface area contributed by atoms with E-state index in [1.54, 1.807) is 30.3 Å². The van der Waals surface area contributed by atoms with Crippen LogP contribution >= 0.6 is 0 Å². The molecule has 7 nitrogen and oxygen atoms in total. The van der Waals surface area contributed by atoms with Crippen LogP contribution in [-0.2, 0) is 4.79 Å². The van der Waals surface area contributed by atoms with Crippen LogP contribution < -0.4 is 15.8 Å². The average molecular weight is 311 g/mol. The lowest BCUT2D eigenvalue weighted by Crippen LogP contribution is -2.13. The largest absolute Gasteiger partial charge is 0.440 e. The SMILES string of the molecule is N=C(/C=C\c1ncc(N)[nH]1)Oc1cccc(NC(=O)C2CC2)c1. The summed E-state index contributed by atoms with van der Waals surface area (Å²) in [6, 6.07) is 6.97. The van der Waals surface area contributed by atoms with E-state index >= 15 is 0 Å². The average Bonchev–Trinajstić information content (AvgIpc) is 3.29. The van der Waals surface area contributed by atoms with Crippen molar-refractivity contribution < 1.29 is 9.53 Å². The van der Waals surface area contributed by atoms with E-state index in [1.807, 2.05) is 0 Å². The highest BCUT2D eigenvalue weighted by molar-refractivity contribution is 5.94. The maximum Gasteiger partial charge on any atom is 0.227 e. The number of H-pyrrole nitrogens is 1. The lowest BCUT2D eigenvalue weighted by molar-refractivity contribution is -0.117. The Morgan fingerprint density at radius 3 is 3.00 bits per heavy atom. The number of anilines is 2. The number of carbonyl (C=O) groups is 1. The number of aromatic amines is 1. The van der Waals surface area contributed by atoms with Gasteiger partial charge in [-0.05, 0) is 31.1 Å². The third-order valence-electron chi connectivity index (χ3n) is 3.29. The van der Waals surface area contributed by atoms with Crippen molar-refractivity contribution in [1.82, 2.24) is 9.97 Å². The molecule has 0 radical (unpaired) electrons. The zero-order chi connectivity index (χ0) is 16.2. The molecular weight excluding hydrogens is 294 g/mol. The maximum absolute atomic E-state index is 11.7. The molecule has 1 aromatic heterocycles. The maximum atomic E-state index is 11.7. The molecule has 2 aromatic rings. The van der Waals surface area contributed by atoms with Gasteiger partial charge in [0.05, 0.1) is 6.20 Å². The van der Waals surface area contributed by atoms with E-state index < -0.39 is 0 Å². The molecule has 1 saturated carbocycles. The first-order valence-corrected chi connectivity index (χ1v) is 7.26. The van der Waals surface area contributed by atoms with Gasteiger partial charge in [-0.15, -0.1) is 0 Å². The molecule has 1 heterocycles. The van der Waals surface area contributed by atoms with Crippen LogP contribution in [0.5, 0.6) is 5.75 Å². The number of nitrogens with two attached hydrogens (primary N) is 1. The molecule has 0 aliphatic heterocycles. The molecule has 23 heavy (non-hydrogen) atoms. The number of rotatable bonds is 5. The van der Waals surface area contributed by atoms with Crippen molar-refractivity contribution in [2.45, 2.75) is 12.8 Å². The van der Waals surface area contributed by atoms with Gasteiger partial charge in [0.2, 0.25) is 11.8 Å². The molecule has 3 rings (SSSR count). The summed E-state index contributed by atoms with van der Waals surface area (Å²) < 4.78 is 5.41. The molecule has 1 fully saturated rings. The van der Waals surface area contributed by atoms with Gasteiger partial charge < -0.3 is 20.8 Å². The molecule has 0 unspecified atom stereocenters. The highest BCUT2D eigenvalue weighted by Crippen LogP contribution is 2.30. The van der Waals surface area contributed by atoms with Crippen LogP contribution in [0, 0.1) is 11.3 Å². The van der Waals surface area contributed by atoms with Gasteiger partial charge in [-0.25, -0.2) is 4.98 Å². The molecule has 1 amide bonds. The Hall–Kier alpha value is -3.09. The Morgan fingerprint density at radius 2 is 2.30 bits per heavy atom. The standard InChI is InChI=1S/C16H17N5O2/c17-13-9-19-15(21-13)7-6-14(18)23-12-3-1-2-11(8-12)20-16(22)10-4-5-10/h1-3,6-10,18H,4-5,17H2,(H,19,21)(H,20,22)/b7-6-,18-14?. The van der Waals surface area contributed by atoms with Gasteiger partial charge >= 0.3 is 0 Å². The monoisotopic (exact) mass is 311 g/mol. The lowest BCUT2D eigenvalue weighted by Gasteiger charge is -2.07. The smallest absolute Gasteiger partial charge is 0.227 e. The summed E-state index contributed by atoms with van der Waals surface area (Å²) in [4.78, 5) is 18.6. The van der Waals surface area contributed by atoms with E-state index in [2.05, 4.69) is 15.3 Å². The second-order valence-corrected chi connectivity index (χ2v) is 5.31. The minimum absolute atomic E-state index is 0.0348. The van der Waals surface area contributed by atoms with Crippen molar-refractivity contribution in [3.05, 3.63) is 42.4 Å². The molecular formula is C16H17N5O2. The Balaban J connectivity index is 1.59. The molecule has 118 valence electrons. The fourth-order valence-electron chi connectivity index (χ4n) is 1.98. The van der Waals surface area contributed by atoms with Crippen molar-refractivity contribution in [3.8, 4) is 5.75 Å². The van der Waals surface area contributed by atoms with Gasteiger partial charge in [0.1, 0.15) is 17.4 Å². The first-order valence-electron chi connectivity index (χ1n) is 7.26. The summed E-state index contributed by atoms with van der Waals surface area (Å²) in [6.07, 6.45) is 6.46. The van der Waals surface area contributed by atoms with Crippen LogP contribution in [0.4, 0.5) is 11.5 Å². The predicted octanol–water partition coefficient (Wildman–Crippen LogP) is 2.41. The van der Waals surface area contributed by atoms with Gasteiger partial charge in [0.25, 0.3) is 0 Å². The Labute approximate surface area is 133 Å². The fraction of sp³-hybridized carbons (Fsp3) is 0.188. The number of benzene rings is 1. The van der Waals surface area contributed by atoms with Crippen LogP contribution in [-0.4, -0.2) is 21.8 Å². The number of nitrogens with zero attached hydrogens (tertiary/aromatic N) is 1. The summed E-state index contributed by atoms with van der Waals surface area (Å²) in [7, 11) is 0. The van der Waals surface area contributed by atoms with Gasteiger partial charge in [0.15, 0.2) is 0 Å². The quantitative estimate of drug-likeness (QED) is 0.501. The van der Waals surface area contributed by atoms with E-state index in [9.17, 15) is 4.79 Å². The number of carbonyl (C=O) groups excluding carboxylic acids is 1. The van der Waals surface area contributed by atoms with Crippen molar-refractivity contribution in [2.75, 3.05) is 11.1 Å². The molecule has 1 aliphatic carbocycles. The molecule has 1 aromatic carbocycles. The Kier molecular flexibility index (Phi) is 4.09. The number of hydrogen-bond donors (Lipinski definition) is 4. The first kappa shape index (κ1) is 14.8. The van der Waals surface area contributed by atoms with Crippen molar-refractivity contribution >= 4 is 29.4 Å². The van der Waals surface area contributed by atoms with Crippen molar-refractivity contribution in [1.29, 1.82) is 5.41 Å². The second kappa shape index (κ2) is 6.35. The summed E-state index contributed by atoms with van der Waals surface area (Å²) in [5.41, 5.74) is 6.18. The molecule has 0 saturated heterocycles. The summed E-state index contributed by atoms with van der Waals surface area (Å²) in [5.74, 6) is 1.60. The zero-order valence-corrected chi connectivity index (χ0v) is 12.4. The van der Waals surface area contributed by atoms with E-state index in [0.29, 0.717) is 23.1 Å². The van der Waals surface area contributed by atoms with Crippen molar-refractivity contribution in [2.24, 2.45) is 5.92 Å². The molecule has 0 bridgehead atoms. The highest BCUT2D eigenvalue weighted by atomic mass is 16.5. The molecule has 7 heteroatoms. The van der Waals surface area contributed by atoms with Gasteiger partial charge in [0, 0.05) is 23.7 Å². The number of nitrogen functional groups attached to an aromatic ring is 1. The van der Waals surface area contributed by atoms with Gasteiger partial charge in [-0.1, -0.05) is 6.07 Å². The third-order valence-corrected chi connectivity index (χ3v) is 3.29. The van der Waals surface area contributed by atoms with Crippen LogP contribution in [0.15, 0.2) is 36.5 Å². The van der Waals surface area contributed by atoms with E-state index in [1.165, 1.54) is 12.3 Å². The number of imidazole rings is 1. The van der Waals surface area contributed by atoms with Crippen LogP contribution in [0.25, 0.3) is 6.08 Å². The van der Waals surface area contributed by atoms with Crippen LogP contribution in [0.3, 0.4) is 0 Å². The first-order chi connectivity index (χ1) is 11.1. The van der Waals surface area contributed by atoms with Gasteiger partial charge in [-0.2, -0.15) is 0 Å². The topological polar surface area (TPSA) is 117 Å². The molecule has 0 spiro atoms. The second-order valence-electron chi connectivity index (χ2n) is 5.31. The van der Waals surface area contributed by atoms with Gasteiger partial charge in [-0.3, -0.25) is 10.2 Å². The molecule has 0 atom stereocenters. The highest BCUT2D eigenvalue weighted by Gasteiger charge is 2.29. The summed E-state index contributed by atoms with van der Waals surface area (Å²) in [5, 5.41) is 10.6. The number of ether oxygens (including phenoxy) is 1. The summed E-state index contributed by atoms with van der Waals surface area (Å²) >= 11 is 0. The zero-order valence-electron chi connectivity index (χ0n) is 12.4.